The molecule has 12 nitrogen and oxygen atoms in total. The Hall–Kier alpha value is -4.07. The number of amides is 3. The van der Waals surface area contributed by atoms with Gasteiger partial charge in [-0.25, -0.2) is 4.79 Å². The molecule has 5 atom stereocenters. The number of carboxylic acid groups (broad SMARTS) is 1. The summed E-state index contributed by atoms with van der Waals surface area (Å²) < 4.78 is 0. The van der Waals surface area contributed by atoms with Crippen LogP contribution in [0.25, 0.3) is 10.9 Å². The number of H-pyrrole nitrogens is 1. The molecule has 5 unspecified atom stereocenters. The van der Waals surface area contributed by atoms with E-state index in [2.05, 4.69) is 33.6 Å². The van der Waals surface area contributed by atoms with Crippen molar-refractivity contribution >= 4 is 47.2 Å². The van der Waals surface area contributed by atoms with Crippen LogP contribution >= 0.6 is 12.6 Å². The Morgan fingerprint density at radius 3 is 2.20 bits per heavy atom. The molecule has 0 bridgehead atoms. The normalized spacial score (nSPS) is 14.9. The molecule has 13 heteroatoms. The highest BCUT2D eigenvalue weighted by Gasteiger charge is 2.32. The fourth-order valence-corrected chi connectivity index (χ4v) is 4.25. The zero-order valence-corrected chi connectivity index (χ0v) is 22.6. The Bertz CT molecular complexity index is 1340. The highest BCUT2D eigenvalue weighted by Crippen LogP contribution is 2.19. The number of hydrogen-bond donors (Lipinski definition) is 9. The van der Waals surface area contributed by atoms with E-state index in [9.17, 15) is 34.5 Å². The molecule has 0 saturated carbocycles. The summed E-state index contributed by atoms with van der Waals surface area (Å²) in [5, 5.41) is 37.8. The van der Waals surface area contributed by atoms with Crippen molar-refractivity contribution in [3.05, 3.63) is 65.9 Å². The lowest BCUT2D eigenvalue weighted by atomic mass is 10.0. The Morgan fingerprint density at radius 2 is 1.57 bits per heavy atom. The number of fused-ring (bicyclic) bond motifs is 1. The summed E-state index contributed by atoms with van der Waals surface area (Å²) in [6.07, 6.45) is 0.225. The number of rotatable bonds is 13. The molecule has 0 fully saturated rings. The molecular weight excluding hydrogens is 538 g/mol. The number of aromatic amines is 1. The van der Waals surface area contributed by atoms with E-state index >= 15 is 0 Å². The van der Waals surface area contributed by atoms with E-state index in [1.807, 2.05) is 24.3 Å². The first-order valence-corrected chi connectivity index (χ1v) is 13.1. The van der Waals surface area contributed by atoms with Gasteiger partial charge >= 0.3 is 5.97 Å². The number of nitrogens with one attached hydrogen (secondary N) is 4. The van der Waals surface area contributed by atoms with Crippen molar-refractivity contribution in [1.82, 2.24) is 20.9 Å². The van der Waals surface area contributed by atoms with Crippen LogP contribution in [0.3, 0.4) is 0 Å². The van der Waals surface area contributed by atoms with Gasteiger partial charge in [0.25, 0.3) is 0 Å². The monoisotopic (exact) mass is 571 g/mol. The van der Waals surface area contributed by atoms with Crippen LogP contribution in [-0.2, 0) is 32.0 Å². The first-order chi connectivity index (χ1) is 19.0. The second kappa shape index (κ2) is 13.8. The van der Waals surface area contributed by atoms with Crippen LogP contribution in [0.4, 0.5) is 0 Å². The van der Waals surface area contributed by atoms with Crippen LogP contribution < -0.4 is 21.7 Å². The maximum Gasteiger partial charge on any atom is 0.326 e. The molecule has 3 rings (SSSR count). The molecule has 1 aromatic heterocycles. The van der Waals surface area contributed by atoms with Crippen LogP contribution in [0, 0.1) is 0 Å². The number of aliphatic carboxylic acids is 1. The molecule has 9 N–H and O–H groups in total. The van der Waals surface area contributed by atoms with Crippen molar-refractivity contribution in [3.8, 4) is 5.75 Å². The second-order valence-corrected chi connectivity index (χ2v) is 9.78. The number of para-hydroxylation sites is 1. The largest absolute Gasteiger partial charge is 0.508 e. The zero-order valence-electron chi connectivity index (χ0n) is 21.7. The average molecular weight is 572 g/mol. The standard InChI is InChI=1S/C27H33N5O7S/c1-14(33)23(32-24(35)19(28)13-40)26(37)30-21(10-15-6-8-17(34)9-7-15)25(36)31-22(27(38)39)11-16-12-29-20-5-3-2-4-18(16)20/h2-9,12,14,19,21-23,29,33-34,40H,10-11,13,28H2,1H3,(H,30,37)(H,31,36)(H,32,35)(H,38,39). The predicted octanol–water partition coefficient (Wildman–Crippen LogP) is -0.164. The van der Waals surface area contributed by atoms with Crippen molar-refractivity contribution in [2.45, 2.75) is 50.0 Å². The first kappa shape index (κ1) is 30.5. The minimum atomic E-state index is -1.45. The number of phenolic OH excluding ortho intramolecular Hbond substituents is 1. The van der Waals surface area contributed by atoms with E-state index in [4.69, 9.17) is 5.73 Å². The summed E-state index contributed by atoms with van der Waals surface area (Å²) >= 11 is 3.96. The number of benzene rings is 2. The Labute approximate surface area is 235 Å². The summed E-state index contributed by atoms with van der Waals surface area (Å²) in [4.78, 5) is 54.0. The van der Waals surface area contributed by atoms with Crippen LogP contribution in [0.1, 0.15) is 18.1 Å². The Morgan fingerprint density at radius 1 is 0.925 bits per heavy atom. The summed E-state index contributed by atoms with van der Waals surface area (Å²) in [5.41, 5.74) is 7.70. The zero-order chi connectivity index (χ0) is 29.4. The highest BCUT2D eigenvalue weighted by molar-refractivity contribution is 7.80. The Kier molecular flexibility index (Phi) is 10.5. The van der Waals surface area contributed by atoms with Crippen LogP contribution in [0.2, 0.25) is 0 Å². The number of aromatic hydroxyl groups is 1. The fourth-order valence-electron chi connectivity index (χ4n) is 4.08. The van der Waals surface area contributed by atoms with Crippen molar-refractivity contribution < 1.29 is 34.5 Å². The van der Waals surface area contributed by atoms with Crippen molar-refractivity contribution in [2.75, 3.05) is 5.75 Å². The molecule has 0 aliphatic rings. The minimum Gasteiger partial charge on any atom is -0.508 e. The third-order valence-corrected chi connectivity index (χ3v) is 6.71. The van der Waals surface area contributed by atoms with Crippen molar-refractivity contribution in [3.63, 3.8) is 0 Å². The molecule has 0 spiro atoms. The molecule has 0 saturated heterocycles. The number of carbonyl (C=O) groups excluding carboxylic acids is 3. The SMILES string of the molecule is CC(O)C(NC(=O)C(N)CS)C(=O)NC(Cc1ccc(O)cc1)C(=O)NC(Cc1c[nH]c2ccccc12)C(=O)O. The smallest absolute Gasteiger partial charge is 0.326 e. The first-order valence-electron chi connectivity index (χ1n) is 12.5. The summed E-state index contributed by atoms with van der Waals surface area (Å²) in [7, 11) is 0. The summed E-state index contributed by atoms with van der Waals surface area (Å²) in [5.74, 6) is -3.67. The van der Waals surface area contributed by atoms with E-state index in [1.165, 1.54) is 19.1 Å². The number of aromatic nitrogens is 1. The molecule has 40 heavy (non-hydrogen) atoms. The predicted molar refractivity (Wildman–Crippen MR) is 151 cm³/mol. The fraction of sp³-hybridized carbons (Fsp3) is 0.333. The summed E-state index contributed by atoms with van der Waals surface area (Å²) in [6, 6.07) is 8.12. The summed E-state index contributed by atoms with van der Waals surface area (Å²) in [6.45, 7) is 1.29. The Balaban J connectivity index is 1.83. The molecule has 3 aromatic rings. The van der Waals surface area contributed by atoms with Gasteiger partial charge in [-0.2, -0.15) is 12.6 Å². The van der Waals surface area contributed by atoms with Crippen LogP contribution in [0.5, 0.6) is 5.75 Å². The van der Waals surface area contributed by atoms with Gasteiger partial charge in [0, 0.05) is 35.7 Å². The highest BCUT2D eigenvalue weighted by atomic mass is 32.1. The molecule has 3 amide bonds. The van der Waals surface area contributed by atoms with Crippen LogP contribution in [0.15, 0.2) is 54.7 Å². The van der Waals surface area contributed by atoms with Gasteiger partial charge in [0.05, 0.1) is 12.1 Å². The molecular formula is C27H33N5O7S. The third-order valence-electron chi connectivity index (χ3n) is 6.32. The van der Waals surface area contributed by atoms with Gasteiger partial charge in [-0.1, -0.05) is 30.3 Å². The average Bonchev–Trinajstić information content (AvgIpc) is 3.33. The quantitative estimate of drug-likeness (QED) is 0.126. The molecule has 214 valence electrons. The second-order valence-electron chi connectivity index (χ2n) is 9.41. The maximum absolute atomic E-state index is 13.4. The maximum atomic E-state index is 13.4. The number of carbonyl (C=O) groups is 4. The number of aliphatic hydroxyl groups is 1. The number of carboxylic acids is 1. The van der Waals surface area contributed by atoms with Gasteiger partial charge in [-0.15, -0.1) is 0 Å². The van der Waals surface area contributed by atoms with Crippen molar-refractivity contribution in [2.24, 2.45) is 5.73 Å². The van der Waals surface area contributed by atoms with E-state index in [-0.39, 0.29) is 24.3 Å². The lowest BCUT2D eigenvalue weighted by Crippen LogP contribution is -2.60. The molecule has 0 aliphatic heterocycles. The number of hydrogen-bond acceptors (Lipinski definition) is 8. The van der Waals surface area contributed by atoms with E-state index in [0.29, 0.717) is 11.1 Å². The molecule has 2 aromatic carbocycles. The lowest BCUT2D eigenvalue weighted by molar-refractivity contribution is -0.142. The number of thiol groups is 1. The molecule has 0 aliphatic carbocycles. The molecule has 1 heterocycles. The van der Waals surface area contributed by atoms with Gasteiger partial charge in [0.15, 0.2) is 0 Å². The topological polar surface area (TPSA) is 207 Å². The third kappa shape index (κ3) is 7.97. The number of aliphatic hydroxyl groups excluding tert-OH is 1. The lowest BCUT2D eigenvalue weighted by Gasteiger charge is -2.26. The van der Waals surface area contributed by atoms with Crippen LogP contribution in [-0.4, -0.2) is 80.0 Å². The van der Waals surface area contributed by atoms with E-state index in [0.717, 1.165) is 10.9 Å². The van der Waals surface area contributed by atoms with E-state index in [1.54, 1.807) is 18.3 Å². The van der Waals surface area contributed by atoms with Crippen molar-refractivity contribution in [1.29, 1.82) is 0 Å². The molecule has 0 radical (unpaired) electrons. The van der Waals surface area contributed by atoms with Gasteiger partial charge < -0.3 is 42.0 Å². The van der Waals surface area contributed by atoms with Gasteiger partial charge in [0.2, 0.25) is 17.7 Å². The van der Waals surface area contributed by atoms with Gasteiger partial charge in [-0.05, 0) is 36.2 Å². The van der Waals surface area contributed by atoms with E-state index < -0.39 is 54.0 Å². The number of phenols is 1. The minimum absolute atomic E-state index is 0.00112. The van der Waals surface area contributed by atoms with Gasteiger partial charge in [0.1, 0.15) is 23.9 Å². The van der Waals surface area contributed by atoms with Gasteiger partial charge in [-0.3, -0.25) is 14.4 Å². The number of nitrogens with two attached hydrogens (primary N) is 1.